The fourth-order valence-corrected chi connectivity index (χ4v) is 2.57. The summed E-state index contributed by atoms with van der Waals surface area (Å²) in [6.45, 7) is 0. The van der Waals surface area contributed by atoms with Crippen LogP contribution >= 0.6 is 0 Å². The minimum Gasteiger partial charge on any atom is -0.497 e. The predicted molar refractivity (Wildman–Crippen MR) is 106 cm³/mol. The molecule has 2 aromatic carbocycles. The van der Waals surface area contributed by atoms with E-state index in [0.717, 1.165) is 11.3 Å². The second-order valence-corrected chi connectivity index (χ2v) is 5.75. The number of furan rings is 1. The van der Waals surface area contributed by atoms with Crippen LogP contribution in [0, 0.1) is 11.3 Å². The Morgan fingerprint density at radius 1 is 1.04 bits per heavy atom. The molecule has 6 nitrogen and oxygen atoms in total. The van der Waals surface area contributed by atoms with Crippen molar-refractivity contribution in [2.24, 2.45) is 0 Å². The molecular weight excluding hydrogens is 356 g/mol. The first-order chi connectivity index (χ1) is 13.6. The van der Waals surface area contributed by atoms with Crippen molar-refractivity contribution in [3.63, 3.8) is 0 Å². The molecule has 0 atom stereocenters. The van der Waals surface area contributed by atoms with Crippen molar-refractivity contribution in [2.75, 3.05) is 19.5 Å². The molecule has 1 amide bonds. The zero-order valence-electron chi connectivity index (χ0n) is 15.4. The number of para-hydroxylation sites is 2. The molecule has 0 saturated heterocycles. The summed E-state index contributed by atoms with van der Waals surface area (Å²) >= 11 is 0. The molecule has 0 saturated carbocycles. The highest BCUT2D eigenvalue weighted by Gasteiger charge is 2.13. The normalized spacial score (nSPS) is 10.8. The number of nitrogens with zero attached hydrogens (tertiary/aromatic N) is 1. The van der Waals surface area contributed by atoms with E-state index in [-0.39, 0.29) is 5.57 Å². The van der Waals surface area contributed by atoms with E-state index in [1.54, 1.807) is 43.5 Å². The van der Waals surface area contributed by atoms with Gasteiger partial charge in [-0.15, -0.1) is 0 Å². The lowest BCUT2D eigenvalue weighted by atomic mass is 10.2. The molecule has 0 spiro atoms. The molecule has 6 heteroatoms. The first-order valence-electron chi connectivity index (χ1n) is 8.45. The fourth-order valence-electron chi connectivity index (χ4n) is 2.57. The summed E-state index contributed by atoms with van der Waals surface area (Å²) in [6.07, 6.45) is 1.40. The summed E-state index contributed by atoms with van der Waals surface area (Å²) < 4.78 is 16.1. The minimum absolute atomic E-state index is 0.0819. The number of anilines is 1. The lowest BCUT2D eigenvalue weighted by Gasteiger charge is -2.08. The first-order valence-corrected chi connectivity index (χ1v) is 8.45. The number of nitriles is 1. The Balaban J connectivity index is 1.80. The number of methoxy groups -OCH3 is 2. The SMILES string of the molecule is COc1ccc(-c2ccc(C=C(C#N)C(=O)Nc3ccccc3OC)o2)cc1. The topological polar surface area (TPSA) is 84.5 Å². The highest BCUT2D eigenvalue weighted by atomic mass is 16.5. The van der Waals surface area contributed by atoms with Crippen LogP contribution in [0.15, 0.2) is 70.7 Å². The van der Waals surface area contributed by atoms with Crippen molar-refractivity contribution in [3.05, 3.63) is 72.0 Å². The van der Waals surface area contributed by atoms with Crippen LogP contribution in [0.2, 0.25) is 0 Å². The number of benzene rings is 2. The average molecular weight is 374 g/mol. The van der Waals surface area contributed by atoms with E-state index < -0.39 is 5.91 Å². The summed E-state index contributed by atoms with van der Waals surface area (Å²) in [6, 6.07) is 19.7. The predicted octanol–water partition coefficient (Wildman–Crippen LogP) is 4.51. The van der Waals surface area contributed by atoms with Gasteiger partial charge in [0.25, 0.3) is 5.91 Å². The number of ether oxygens (including phenoxy) is 2. The van der Waals surface area contributed by atoms with Gasteiger partial charge in [-0.25, -0.2) is 0 Å². The molecule has 0 fully saturated rings. The Kier molecular flexibility index (Phi) is 5.78. The van der Waals surface area contributed by atoms with Gasteiger partial charge in [0, 0.05) is 11.6 Å². The second kappa shape index (κ2) is 8.60. The van der Waals surface area contributed by atoms with Gasteiger partial charge in [-0.2, -0.15) is 5.26 Å². The molecule has 3 aromatic rings. The maximum Gasteiger partial charge on any atom is 0.266 e. The van der Waals surface area contributed by atoms with Gasteiger partial charge in [0.15, 0.2) is 0 Å². The van der Waals surface area contributed by atoms with Crippen LogP contribution < -0.4 is 14.8 Å². The van der Waals surface area contributed by atoms with E-state index in [9.17, 15) is 10.1 Å². The number of hydrogen-bond donors (Lipinski definition) is 1. The quantitative estimate of drug-likeness (QED) is 0.507. The summed E-state index contributed by atoms with van der Waals surface area (Å²) in [4.78, 5) is 12.5. The standard InChI is InChI=1S/C22H18N2O4/c1-26-17-9-7-15(8-10-17)20-12-11-18(28-20)13-16(14-23)22(25)24-19-5-3-4-6-21(19)27-2/h3-13H,1-2H3,(H,24,25). The Hall–Kier alpha value is -3.98. The van der Waals surface area contributed by atoms with Gasteiger partial charge in [0.05, 0.1) is 19.9 Å². The van der Waals surface area contributed by atoms with Gasteiger partial charge < -0.3 is 19.2 Å². The van der Waals surface area contributed by atoms with Gasteiger partial charge in [-0.3, -0.25) is 4.79 Å². The van der Waals surface area contributed by atoms with Crippen LogP contribution in [0.25, 0.3) is 17.4 Å². The number of rotatable bonds is 6. The van der Waals surface area contributed by atoms with Crippen LogP contribution in [-0.2, 0) is 4.79 Å². The second-order valence-electron chi connectivity index (χ2n) is 5.75. The molecule has 0 aliphatic heterocycles. The Labute approximate surface area is 162 Å². The Bertz CT molecular complexity index is 1040. The van der Waals surface area contributed by atoms with E-state index in [4.69, 9.17) is 13.9 Å². The molecule has 0 unspecified atom stereocenters. The Morgan fingerprint density at radius 3 is 2.46 bits per heavy atom. The van der Waals surface area contributed by atoms with Gasteiger partial charge in [-0.1, -0.05) is 12.1 Å². The number of carbonyl (C=O) groups is 1. The van der Waals surface area contributed by atoms with Gasteiger partial charge >= 0.3 is 0 Å². The monoisotopic (exact) mass is 374 g/mol. The van der Waals surface area contributed by atoms with Crippen LogP contribution in [0.5, 0.6) is 11.5 Å². The zero-order valence-corrected chi connectivity index (χ0v) is 15.4. The highest BCUT2D eigenvalue weighted by molar-refractivity contribution is 6.10. The molecule has 0 aliphatic carbocycles. The largest absolute Gasteiger partial charge is 0.497 e. The average Bonchev–Trinajstić information content (AvgIpc) is 3.21. The summed E-state index contributed by atoms with van der Waals surface area (Å²) in [7, 11) is 3.11. The summed E-state index contributed by atoms with van der Waals surface area (Å²) in [5, 5.41) is 12.1. The zero-order chi connectivity index (χ0) is 19.9. The highest BCUT2D eigenvalue weighted by Crippen LogP contribution is 2.26. The molecule has 1 aromatic heterocycles. The summed E-state index contributed by atoms with van der Waals surface area (Å²) in [5.74, 6) is 1.73. The molecule has 1 heterocycles. The van der Waals surface area contributed by atoms with E-state index in [1.165, 1.54) is 13.2 Å². The number of amides is 1. The maximum atomic E-state index is 12.5. The molecule has 28 heavy (non-hydrogen) atoms. The van der Waals surface area contributed by atoms with Crippen molar-refractivity contribution >= 4 is 17.7 Å². The third-order valence-corrected chi connectivity index (χ3v) is 4.01. The fraction of sp³-hybridized carbons (Fsp3) is 0.0909. The third kappa shape index (κ3) is 4.22. The van der Waals surface area contributed by atoms with E-state index in [1.807, 2.05) is 30.3 Å². The van der Waals surface area contributed by atoms with Gasteiger partial charge in [0.2, 0.25) is 0 Å². The molecule has 1 N–H and O–H groups in total. The number of hydrogen-bond acceptors (Lipinski definition) is 5. The third-order valence-electron chi connectivity index (χ3n) is 4.01. The van der Waals surface area contributed by atoms with Gasteiger partial charge in [-0.05, 0) is 48.5 Å². The van der Waals surface area contributed by atoms with Crippen LogP contribution in [0.3, 0.4) is 0 Å². The van der Waals surface area contributed by atoms with Crippen LogP contribution in [0.1, 0.15) is 5.76 Å². The Morgan fingerprint density at radius 2 is 1.79 bits per heavy atom. The maximum absolute atomic E-state index is 12.5. The van der Waals surface area contributed by atoms with Crippen LogP contribution in [-0.4, -0.2) is 20.1 Å². The van der Waals surface area contributed by atoms with E-state index >= 15 is 0 Å². The number of nitrogens with one attached hydrogen (secondary N) is 1. The number of carbonyl (C=O) groups excluding carboxylic acids is 1. The first kappa shape index (κ1) is 18.8. The smallest absolute Gasteiger partial charge is 0.266 e. The van der Waals surface area contributed by atoms with Crippen molar-refractivity contribution in [1.82, 2.24) is 0 Å². The van der Waals surface area contributed by atoms with E-state index in [0.29, 0.717) is 23.0 Å². The molecule has 140 valence electrons. The van der Waals surface area contributed by atoms with Crippen molar-refractivity contribution < 1.29 is 18.7 Å². The molecule has 0 bridgehead atoms. The molecule has 0 radical (unpaired) electrons. The minimum atomic E-state index is -0.547. The van der Waals surface area contributed by atoms with Gasteiger partial charge in [0.1, 0.15) is 34.7 Å². The molecular formula is C22H18N2O4. The van der Waals surface area contributed by atoms with Crippen molar-refractivity contribution in [3.8, 4) is 28.9 Å². The lowest BCUT2D eigenvalue weighted by molar-refractivity contribution is -0.112. The lowest BCUT2D eigenvalue weighted by Crippen LogP contribution is -2.14. The molecule has 3 rings (SSSR count). The van der Waals surface area contributed by atoms with Crippen LogP contribution in [0.4, 0.5) is 5.69 Å². The van der Waals surface area contributed by atoms with Crippen molar-refractivity contribution in [2.45, 2.75) is 0 Å². The summed E-state index contributed by atoms with van der Waals surface area (Å²) in [5.41, 5.74) is 1.26. The molecule has 0 aliphatic rings. The van der Waals surface area contributed by atoms with Crippen molar-refractivity contribution in [1.29, 1.82) is 5.26 Å². The van der Waals surface area contributed by atoms with E-state index in [2.05, 4.69) is 5.32 Å².